The highest BCUT2D eigenvalue weighted by Gasteiger charge is 2.30. The highest BCUT2D eigenvalue weighted by molar-refractivity contribution is 7.85. The molecule has 0 saturated carbocycles. The molecule has 0 aromatic rings. The Hall–Kier alpha value is -4.98. The van der Waals surface area contributed by atoms with Crippen LogP contribution in [0.4, 0.5) is 0 Å². The highest BCUT2D eigenvalue weighted by Crippen LogP contribution is 2.02. The van der Waals surface area contributed by atoms with E-state index in [2.05, 4.69) is 26.6 Å². The molecule has 6 amide bonds. The maximum absolute atomic E-state index is 12.6. The van der Waals surface area contributed by atoms with Crippen molar-refractivity contribution in [2.24, 2.45) is 0 Å². The van der Waals surface area contributed by atoms with Crippen LogP contribution in [0.15, 0.2) is 0 Å². The zero-order chi connectivity index (χ0) is 39.7. The van der Waals surface area contributed by atoms with E-state index >= 15 is 0 Å². The van der Waals surface area contributed by atoms with Crippen LogP contribution in [0.1, 0.15) is 32.6 Å². The number of nitrogens with one attached hydrogen (secondary N) is 7. The Bertz CT molecular complexity index is 1360. The van der Waals surface area contributed by atoms with Gasteiger partial charge in [0.25, 0.3) is 10.1 Å². The number of rotatable bonds is 29. The van der Waals surface area contributed by atoms with Gasteiger partial charge >= 0.3 is 17.9 Å². The topological polar surface area (TPSA) is 371 Å². The lowest BCUT2D eigenvalue weighted by molar-refractivity contribution is -0.143. The molecular formula is C27H45N7O17S. The molecule has 0 spiro atoms. The van der Waals surface area contributed by atoms with E-state index in [1.807, 2.05) is 10.6 Å². The Morgan fingerprint density at radius 1 is 0.615 bits per heavy atom. The molecule has 0 aromatic carbocycles. The molecule has 296 valence electrons. The van der Waals surface area contributed by atoms with E-state index in [4.69, 9.17) is 19.1 Å². The minimum Gasteiger partial charge on any atom is -0.480 e. The molecule has 0 aliphatic carbocycles. The number of carboxylic acids is 3. The van der Waals surface area contributed by atoms with Crippen LogP contribution < -0.4 is 37.2 Å². The van der Waals surface area contributed by atoms with Crippen molar-refractivity contribution in [3.8, 4) is 0 Å². The fourth-order valence-electron chi connectivity index (χ4n) is 3.76. The summed E-state index contributed by atoms with van der Waals surface area (Å²) in [5, 5.41) is 42.8. The molecule has 0 saturated heterocycles. The van der Waals surface area contributed by atoms with Gasteiger partial charge in [0.15, 0.2) is 0 Å². The number of hydrogen-bond acceptors (Lipinski definition) is 14. The van der Waals surface area contributed by atoms with Crippen molar-refractivity contribution in [3.63, 3.8) is 0 Å². The van der Waals surface area contributed by atoms with Gasteiger partial charge in [0.1, 0.15) is 30.5 Å². The lowest BCUT2D eigenvalue weighted by Crippen LogP contribution is -2.55. The molecule has 0 rings (SSSR count). The van der Waals surface area contributed by atoms with E-state index in [-0.39, 0.29) is 45.8 Å². The molecule has 0 aliphatic rings. The SMILES string of the molecule is CCNC(=O)CNC(=O)CCC(NC(=O)COCCOCCNC(=O)CCC(NC(=O)C(CS(=O)(=O)O)NC(=O)CNCC(=O)O)C(=O)O)C(=O)O. The average molecular weight is 772 g/mol. The highest BCUT2D eigenvalue weighted by atomic mass is 32.2. The van der Waals surface area contributed by atoms with Crippen LogP contribution in [0, 0.1) is 0 Å². The van der Waals surface area contributed by atoms with Crippen LogP contribution in [-0.4, -0.2) is 165 Å². The number of carboxylic acid groups (broad SMARTS) is 3. The van der Waals surface area contributed by atoms with E-state index in [0.717, 1.165) is 0 Å². The molecule has 0 radical (unpaired) electrons. The van der Waals surface area contributed by atoms with Gasteiger partial charge in [-0.05, 0) is 19.8 Å². The minimum absolute atomic E-state index is 0.0397. The third-order valence-corrected chi connectivity index (χ3v) is 6.91. The summed E-state index contributed by atoms with van der Waals surface area (Å²) < 4.78 is 42.1. The van der Waals surface area contributed by atoms with E-state index in [1.54, 1.807) is 6.92 Å². The lowest BCUT2D eigenvalue weighted by Gasteiger charge is -2.20. The van der Waals surface area contributed by atoms with Crippen LogP contribution in [-0.2, 0) is 62.7 Å². The fraction of sp³-hybridized carbons (Fsp3) is 0.667. The summed E-state index contributed by atoms with van der Waals surface area (Å²) in [4.78, 5) is 105. The van der Waals surface area contributed by atoms with Gasteiger partial charge in [-0.25, -0.2) is 9.59 Å². The first-order chi connectivity index (χ1) is 24.3. The Morgan fingerprint density at radius 2 is 1.17 bits per heavy atom. The Labute approximate surface area is 297 Å². The summed E-state index contributed by atoms with van der Waals surface area (Å²) in [7, 11) is -4.85. The maximum atomic E-state index is 12.6. The van der Waals surface area contributed by atoms with Gasteiger partial charge in [-0.1, -0.05) is 0 Å². The molecule has 52 heavy (non-hydrogen) atoms. The standard InChI is InChI=1S/C27H45N7O17S/c1-2-29-21(37)12-31-20(36)6-3-16(26(43)44)32-23(39)14-51-10-9-50-8-7-30-19(35)5-4-17(27(45)46)34-25(42)18(15-52(47,48)49)33-22(38)11-28-13-24(40)41/h16-18,28H,2-15H2,1H3,(H,29,37)(H,30,35)(H,31,36)(H,32,39)(H,33,38)(H,34,42)(H,40,41)(H,43,44)(H,45,46)(H,47,48,49). The van der Waals surface area contributed by atoms with Gasteiger partial charge < -0.3 is 56.7 Å². The van der Waals surface area contributed by atoms with E-state index in [0.29, 0.717) is 6.54 Å². The summed E-state index contributed by atoms with van der Waals surface area (Å²) in [6, 6.07) is -5.06. The largest absolute Gasteiger partial charge is 0.480 e. The smallest absolute Gasteiger partial charge is 0.326 e. The third kappa shape index (κ3) is 25.0. The van der Waals surface area contributed by atoms with Gasteiger partial charge in [-0.3, -0.25) is 43.4 Å². The molecule has 11 N–H and O–H groups in total. The summed E-state index contributed by atoms with van der Waals surface area (Å²) in [5.41, 5.74) is 0. The van der Waals surface area contributed by atoms with Gasteiger partial charge in [0.05, 0.1) is 39.5 Å². The maximum Gasteiger partial charge on any atom is 0.326 e. The van der Waals surface area contributed by atoms with Crippen molar-refractivity contribution in [1.29, 1.82) is 0 Å². The van der Waals surface area contributed by atoms with Crippen LogP contribution in [0.2, 0.25) is 0 Å². The monoisotopic (exact) mass is 771 g/mol. The van der Waals surface area contributed by atoms with Crippen LogP contribution >= 0.6 is 0 Å². The van der Waals surface area contributed by atoms with Gasteiger partial charge in [0, 0.05) is 25.9 Å². The van der Waals surface area contributed by atoms with Crippen LogP contribution in [0.3, 0.4) is 0 Å². The zero-order valence-corrected chi connectivity index (χ0v) is 29.0. The molecule has 0 aromatic heterocycles. The summed E-state index contributed by atoms with van der Waals surface area (Å²) in [5.74, 6) is -10.4. The molecule has 0 aliphatic heterocycles. The Kier molecular flexibility index (Phi) is 23.4. The molecule has 3 atom stereocenters. The Morgan fingerprint density at radius 3 is 1.73 bits per heavy atom. The molecule has 3 unspecified atom stereocenters. The number of ether oxygens (including phenoxy) is 2. The van der Waals surface area contributed by atoms with Crippen LogP contribution in [0.5, 0.6) is 0 Å². The molecule has 25 heteroatoms. The quantitative estimate of drug-likeness (QED) is 0.0249. The van der Waals surface area contributed by atoms with Crippen molar-refractivity contribution in [1.82, 2.24) is 37.2 Å². The fourth-order valence-corrected chi connectivity index (χ4v) is 4.41. The van der Waals surface area contributed by atoms with E-state index in [1.165, 1.54) is 0 Å². The third-order valence-electron chi connectivity index (χ3n) is 6.15. The molecule has 0 bridgehead atoms. The molecule has 0 heterocycles. The molecule has 24 nitrogen and oxygen atoms in total. The number of hydrogen-bond donors (Lipinski definition) is 11. The van der Waals surface area contributed by atoms with Crippen molar-refractivity contribution in [2.45, 2.75) is 50.7 Å². The number of likely N-dealkylation sites (N-methyl/N-ethyl adjacent to an activating group) is 1. The average Bonchev–Trinajstić information content (AvgIpc) is 3.03. The second-order valence-electron chi connectivity index (χ2n) is 10.5. The zero-order valence-electron chi connectivity index (χ0n) is 28.1. The summed E-state index contributed by atoms with van der Waals surface area (Å²) in [6.45, 7) is -0.235. The number of amides is 6. The second kappa shape index (κ2) is 25.9. The van der Waals surface area contributed by atoms with Crippen molar-refractivity contribution in [3.05, 3.63) is 0 Å². The first-order valence-electron chi connectivity index (χ1n) is 15.5. The number of carbonyl (C=O) groups is 9. The summed E-state index contributed by atoms with van der Waals surface area (Å²) in [6.07, 6.45) is -1.40. The number of carbonyl (C=O) groups excluding carboxylic acids is 6. The summed E-state index contributed by atoms with van der Waals surface area (Å²) >= 11 is 0. The van der Waals surface area contributed by atoms with Crippen molar-refractivity contribution < 1.29 is 80.9 Å². The van der Waals surface area contributed by atoms with Crippen LogP contribution in [0.25, 0.3) is 0 Å². The number of aliphatic carboxylic acids is 3. The molecule has 0 fully saturated rings. The Balaban J connectivity index is 4.47. The van der Waals surface area contributed by atoms with Gasteiger partial charge in [0.2, 0.25) is 35.4 Å². The lowest BCUT2D eigenvalue weighted by atomic mass is 10.1. The van der Waals surface area contributed by atoms with Crippen molar-refractivity contribution in [2.75, 3.05) is 64.9 Å². The molecular weight excluding hydrogens is 726 g/mol. The van der Waals surface area contributed by atoms with Crippen molar-refractivity contribution >= 4 is 63.5 Å². The van der Waals surface area contributed by atoms with Gasteiger partial charge in [-0.2, -0.15) is 8.42 Å². The normalized spacial score (nSPS) is 12.7. The first-order valence-corrected chi connectivity index (χ1v) is 17.1. The first kappa shape index (κ1) is 47.0. The second-order valence-corrected chi connectivity index (χ2v) is 12.0. The van der Waals surface area contributed by atoms with Gasteiger partial charge in [-0.15, -0.1) is 0 Å². The predicted molar refractivity (Wildman–Crippen MR) is 173 cm³/mol. The van der Waals surface area contributed by atoms with E-state index < -0.39 is 120 Å². The minimum atomic E-state index is -4.85. The van der Waals surface area contributed by atoms with E-state index in [9.17, 15) is 61.8 Å². The predicted octanol–water partition coefficient (Wildman–Crippen LogP) is -5.87.